The molecule has 62 valence electrons. The van der Waals surface area contributed by atoms with Gasteiger partial charge in [0.1, 0.15) is 0 Å². The molecule has 0 aliphatic carbocycles. The first kappa shape index (κ1) is 8.01. The molecule has 0 bridgehead atoms. The van der Waals surface area contributed by atoms with Crippen LogP contribution < -0.4 is 0 Å². The van der Waals surface area contributed by atoms with Gasteiger partial charge in [0.15, 0.2) is 0 Å². The summed E-state index contributed by atoms with van der Waals surface area (Å²) in [4.78, 5) is 1.31. The van der Waals surface area contributed by atoms with Crippen LogP contribution in [0.2, 0.25) is 0 Å². The molecule has 0 saturated heterocycles. The number of aromatic nitrogens is 2. The molecule has 0 aliphatic rings. The molecule has 2 rings (SSSR count). The van der Waals surface area contributed by atoms with Crippen LogP contribution in [0.3, 0.4) is 0 Å². The third kappa shape index (κ3) is 1.76. The van der Waals surface area contributed by atoms with Crippen LogP contribution in [-0.2, 0) is 6.54 Å². The molecule has 0 atom stereocenters. The summed E-state index contributed by atoms with van der Waals surface area (Å²) in [5.74, 6) is 0. The maximum atomic E-state index is 4.13. The summed E-state index contributed by atoms with van der Waals surface area (Å²) in [6.07, 6.45) is 3.76. The lowest BCUT2D eigenvalue weighted by Crippen LogP contribution is -1.96. The molecule has 12 heavy (non-hydrogen) atoms. The Morgan fingerprint density at radius 1 is 1.50 bits per heavy atom. The van der Waals surface area contributed by atoms with E-state index in [-0.39, 0.29) is 0 Å². The van der Waals surface area contributed by atoms with E-state index in [1.807, 2.05) is 16.9 Å². The number of nitrogens with zero attached hydrogens (tertiary/aromatic N) is 2. The Labute approximate surface area is 83.0 Å². The average Bonchev–Trinajstić information content (AvgIpc) is 2.63. The van der Waals surface area contributed by atoms with Gasteiger partial charge in [-0.1, -0.05) is 0 Å². The highest BCUT2D eigenvalue weighted by Gasteiger charge is 1.97. The Balaban J connectivity index is 2.14. The van der Waals surface area contributed by atoms with Crippen molar-refractivity contribution in [1.29, 1.82) is 0 Å². The van der Waals surface area contributed by atoms with Crippen LogP contribution in [0.5, 0.6) is 0 Å². The van der Waals surface area contributed by atoms with Crippen LogP contribution in [0.25, 0.3) is 0 Å². The van der Waals surface area contributed by atoms with Crippen LogP contribution >= 0.6 is 27.3 Å². The smallest absolute Gasteiger partial charge is 0.0752 e. The van der Waals surface area contributed by atoms with Gasteiger partial charge in [0.2, 0.25) is 0 Å². The fourth-order valence-electron chi connectivity index (χ4n) is 0.990. The van der Waals surface area contributed by atoms with Gasteiger partial charge in [0.05, 0.1) is 10.3 Å². The first-order valence-electron chi connectivity index (χ1n) is 3.56. The molecule has 0 aromatic carbocycles. The maximum absolute atomic E-state index is 4.13. The molecule has 0 unspecified atom stereocenters. The van der Waals surface area contributed by atoms with Crippen molar-refractivity contribution in [2.75, 3.05) is 0 Å². The van der Waals surface area contributed by atoms with Crippen LogP contribution in [0.4, 0.5) is 0 Å². The minimum atomic E-state index is 0.864. The predicted molar refractivity (Wildman–Crippen MR) is 53.3 cm³/mol. The zero-order valence-corrected chi connectivity index (χ0v) is 8.68. The zero-order chi connectivity index (χ0) is 8.39. The van der Waals surface area contributed by atoms with E-state index in [1.54, 1.807) is 17.5 Å². The standard InChI is InChI=1S/C8H7BrN2S/c9-8-3-2-7(12-8)6-11-5-1-4-10-11/h1-5H,6H2. The molecule has 2 nitrogen and oxygen atoms in total. The summed E-state index contributed by atoms with van der Waals surface area (Å²) in [5.41, 5.74) is 0. The maximum Gasteiger partial charge on any atom is 0.0752 e. The van der Waals surface area contributed by atoms with Crippen LogP contribution in [0, 0.1) is 0 Å². The number of thiophene rings is 1. The lowest BCUT2D eigenvalue weighted by Gasteiger charge is -1.95. The highest BCUT2D eigenvalue weighted by atomic mass is 79.9. The average molecular weight is 243 g/mol. The van der Waals surface area contributed by atoms with Crippen molar-refractivity contribution < 1.29 is 0 Å². The van der Waals surface area contributed by atoms with E-state index >= 15 is 0 Å². The summed E-state index contributed by atoms with van der Waals surface area (Å²) < 4.78 is 3.09. The molecule has 0 saturated carbocycles. The Morgan fingerprint density at radius 3 is 3.00 bits per heavy atom. The van der Waals surface area contributed by atoms with Gasteiger partial charge in [0.25, 0.3) is 0 Å². The fraction of sp³-hybridized carbons (Fsp3) is 0.125. The molecule has 0 radical (unpaired) electrons. The molecule has 2 aromatic heterocycles. The van der Waals surface area contributed by atoms with Crippen LogP contribution in [-0.4, -0.2) is 9.78 Å². The third-order valence-corrected chi connectivity index (χ3v) is 3.11. The van der Waals surface area contributed by atoms with Crippen molar-refractivity contribution >= 4 is 27.3 Å². The molecule has 0 amide bonds. The van der Waals surface area contributed by atoms with E-state index in [4.69, 9.17) is 0 Å². The summed E-state index contributed by atoms with van der Waals surface area (Å²) in [6, 6.07) is 6.10. The minimum absolute atomic E-state index is 0.864. The van der Waals surface area contributed by atoms with Crippen molar-refractivity contribution in [3.05, 3.63) is 39.3 Å². The van der Waals surface area contributed by atoms with Gasteiger partial charge in [-0.05, 0) is 34.1 Å². The summed E-state index contributed by atoms with van der Waals surface area (Å²) in [5, 5.41) is 4.13. The van der Waals surface area contributed by atoms with Crippen molar-refractivity contribution in [2.45, 2.75) is 6.54 Å². The van der Waals surface area contributed by atoms with Gasteiger partial charge < -0.3 is 0 Å². The SMILES string of the molecule is Brc1ccc(Cn2cccn2)s1. The summed E-state index contributed by atoms with van der Waals surface area (Å²) >= 11 is 5.17. The van der Waals surface area contributed by atoms with E-state index in [9.17, 15) is 0 Å². The van der Waals surface area contributed by atoms with Gasteiger partial charge in [0, 0.05) is 17.3 Å². The molecule has 4 heteroatoms. The lowest BCUT2D eigenvalue weighted by molar-refractivity contribution is 0.695. The van der Waals surface area contributed by atoms with Gasteiger partial charge in [-0.15, -0.1) is 11.3 Å². The largest absolute Gasteiger partial charge is 0.268 e. The minimum Gasteiger partial charge on any atom is -0.268 e. The molecule has 0 aliphatic heterocycles. The van der Waals surface area contributed by atoms with E-state index in [2.05, 4.69) is 33.2 Å². The number of hydrogen-bond donors (Lipinski definition) is 0. The van der Waals surface area contributed by atoms with E-state index in [0.29, 0.717) is 0 Å². The quantitative estimate of drug-likeness (QED) is 0.792. The van der Waals surface area contributed by atoms with Gasteiger partial charge >= 0.3 is 0 Å². The number of rotatable bonds is 2. The monoisotopic (exact) mass is 242 g/mol. The Morgan fingerprint density at radius 2 is 2.42 bits per heavy atom. The second-order valence-electron chi connectivity index (χ2n) is 2.41. The zero-order valence-electron chi connectivity index (χ0n) is 6.27. The van der Waals surface area contributed by atoms with Crippen molar-refractivity contribution in [3.63, 3.8) is 0 Å². The van der Waals surface area contributed by atoms with Crippen molar-refractivity contribution in [2.24, 2.45) is 0 Å². The van der Waals surface area contributed by atoms with Gasteiger partial charge in [-0.25, -0.2) is 0 Å². The molecular formula is C8H7BrN2S. The van der Waals surface area contributed by atoms with E-state index in [1.165, 1.54) is 8.66 Å². The predicted octanol–water partition coefficient (Wildman–Crippen LogP) is 2.76. The highest BCUT2D eigenvalue weighted by Crippen LogP contribution is 2.22. The number of halogens is 1. The Hall–Kier alpha value is -0.610. The summed E-state index contributed by atoms with van der Waals surface area (Å²) in [7, 11) is 0. The molecule has 2 heterocycles. The van der Waals surface area contributed by atoms with Crippen molar-refractivity contribution in [3.8, 4) is 0 Å². The van der Waals surface area contributed by atoms with Crippen LogP contribution in [0.15, 0.2) is 34.4 Å². The Kier molecular flexibility index (Phi) is 2.28. The molecule has 0 fully saturated rings. The molecular weight excluding hydrogens is 236 g/mol. The number of hydrogen-bond acceptors (Lipinski definition) is 2. The second-order valence-corrected chi connectivity index (χ2v) is 4.96. The van der Waals surface area contributed by atoms with Crippen LogP contribution in [0.1, 0.15) is 4.88 Å². The molecule has 2 aromatic rings. The summed E-state index contributed by atoms with van der Waals surface area (Å²) in [6.45, 7) is 0.864. The van der Waals surface area contributed by atoms with Crippen molar-refractivity contribution in [1.82, 2.24) is 9.78 Å². The second kappa shape index (κ2) is 3.41. The third-order valence-electron chi connectivity index (χ3n) is 1.51. The highest BCUT2D eigenvalue weighted by molar-refractivity contribution is 9.11. The van der Waals surface area contributed by atoms with Gasteiger partial charge in [-0.3, -0.25) is 4.68 Å². The Bertz CT molecular complexity index is 353. The first-order valence-corrected chi connectivity index (χ1v) is 5.17. The van der Waals surface area contributed by atoms with E-state index in [0.717, 1.165) is 6.54 Å². The van der Waals surface area contributed by atoms with Gasteiger partial charge in [-0.2, -0.15) is 5.10 Å². The fourth-order valence-corrected chi connectivity index (χ4v) is 2.47. The lowest BCUT2D eigenvalue weighted by atomic mass is 10.5. The molecule has 0 N–H and O–H groups in total. The topological polar surface area (TPSA) is 17.8 Å². The normalized spacial score (nSPS) is 10.4. The first-order chi connectivity index (χ1) is 5.84. The molecule has 0 spiro atoms. The van der Waals surface area contributed by atoms with E-state index < -0.39 is 0 Å².